The summed E-state index contributed by atoms with van der Waals surface area (Å²) in [6.07, 6.45) is 1.54. The van der Waals surface area contributed by atoms with Crippen molar-refractivity contribution in [3.8, 4) is 17.6 Å². The Hall–Kier alpha value is -3.26. The molecule has 2 aromatic carbocycles. The average molecular weight is 364 g/mol. The highest BCUT2D eigenvalue weighted by Crippen LogP contribution is 2.29. The fourth-order valence-electron chi connectivity index (χ4n) is 2.55. The summed E-state index contributed by atoms with van der Waals surface area (Å²) < 4.78 is 11.1. The molecule has 0 saturated heterocycles. The highest BCUT2D eigenvalue weighted by molar-refractivity contribution is 6.10. The summed E-state index contributed by atoms with van der Waals surface area (Å²) in [6.45, 7) is 8.71. The van der Waals surface area contributed by atoms with Crippen LogP contribution in [0.25, 0.3) is 6.08 Å². The number of benzene rings is 2. The standard InChI is InChI=1S/C22H24N2O3/c1-5-26-20-11-10-17(13-21(20)27-6-2)12-18(14-23)22(25)24-19-9-7-8-15(3)16(19)4/h7-13H,5-6H2,1-4H3,(H,24,25)/b18-12+. The van der Waals surface area contributed by atoms with Gasteiger partial charge in [-0.25, -0.2) is 0 Å². The van der Waals surface area contributed by atoms with E-state index in [-0.39, 0.29) is 5.57 Å². The van der Waals surface area contributed by atoms with Gasteiger partial charge in [-0.15, -0.1) is 0 Å². The Bertz CT molecular complexity index is 895. The van der Waals surface area contributed by atoms with Crippen LogP contribution >= 0.6 is 0 Å². The molecule has 0 atom stereocenters. The number of carbonyl (C=O) groups excluding carboxylic acids is 1. The Labute approximate surface area is 160 Å². The van der Waals surface area contributed by atoms with E-state index >= 15 is 0 Å². The zero-order valence-corrected chi connectivity index (χ0v) is 16.1. The first-order chi connectivity index (χ1) is 13.0. The van der Waals surface area contributed by atoms with E-state index in [2.05, 4.69) is 5.32 Å². The highest BCUT2D eigenvalue weighted by atomic mass is 16.5. The van der Waals surface area contributed by atoms with Gasteiger partial charge in [0.05, 0.1) is 13.2 Å². The van der Waals surface area contributed by atoms with Crippen LogP contribution in [0, 0.1) is 25.2 Å². The van der Waals surface area contributed by atoms with E-state index in [1.54, 1.807) is 24.3 Å². The molecule has 2 rings (SSSR count). The minimum Gasteiger partial charge on any atom is -0.490 e. The molecule has 5 heteroatoms. The zero-order chi connectivity index (χ0) is 19.8. The summed E-state index contributed by atoms with van der Waals surface area (Å²) >= 11 is 0. The molecule has 0 spiro atoms. The van der Waals surface area contributed by atoms with Crippen molar-refractivity contribution in [3.63, 3.8) is 0 Å². The second kappa shape index (κ2) is 9.44. The fourth-order valence-corrected chi connectivity index (χ4v) is 2.55. The van der Waals surface area contributed by atoms with E-state index in [0.29, 0.717) is 36.0 Å². The van der Waals surface area contributed by atoms with Crippen molar-refractivity contribution in [2.45, 2.75) is 27.7 Å². The van der Waals surface area contributed by atoms with Crippen LogP contribution in [0.4, 0.5) is 5.69 Å². The van der Waals surface area contributed by atoms with E-state index in [4.69, 9.17) is 9.47 Å². The lowest BCUT2D eigenvalue weighted by molar-refractivity contribution is -0.112. The van der Waals surface area contributed by atoms with Crippen molar-refractivity contribution in [2.24, 2.45) is 0 Å². The molecule has 0 aromatic heterocycles. The maximum Gasteiger partial charge on any atom is 0.266 e. The molecular weight excluding hydrogens is 340 g/mol. The summed E-state index contributed by atoms with van der Waals surface area (Å²) in [7, 11) is 0. The number of hydrogen-bond acceptors (Lipinski definition) is 4. The molecule has 0 bridgehead atoms. The SMILES string of the molecule is CCOc1ccc(/C=C(\C#N)C(=O)Nc2cccc(C)c2C)cc1OCC. The molecule has 0 aliphatic heterocycles. The Morgan fingerprint density at radius 3 is 2.48 bits per heavy atom. The topological polar surface area (TPSA) is 71.3 Å². The van der Waals surface area contributed by atoms with Crippen LogP contribution < -0.4 is 14.8 Å². The molecule has 0 unspecified atom stereocenters. The number of nitrogens with one attached hydrogen (secondary N) is 1. The Morgan fingerprint density at radius 1 is 1.11 bits per heavy atom. The van der Waals surface area contributed by atoms with Crippen molar-refractivity contribution in [1.82, 2.24) is 0 Å². The summed E-state index contributed by atoms with van der Waals surface area (Å²) in [5.41, 5.74) is 3.45. The van der Waals surface area contributed by atoms with Gasteiger partial charge in [-0.3, -0.25) is 4.79 Å². The summed E-state index contributed by atoms with van der Waals surface area (Å²) in [4.78, 5) is 12.5. The minimum atomic E-state index is -0.446. The third kappa shape index (κ3) is 5.11. The summed E-state index contributed by atoms with van der Waals surface area (Å²) in [5.74, 6) is 0.771. The van der Waals surface area contributed by atoms with Crippen molar-refractivity contribution in [2.75, 3.05) is 18.5 Å². The third-order valence-corrected chi connectivity index (χ3v) is 4.10. The lowest BCUT2D eigenvalue weighted by Gasteiger charge is -2.12. The first-order valence-electron chi connectivity index (χ1n) is 8.89. The molecule has 5 nitrogen and oxygen atoms in total. The first kappa shape index (κ1) is 20.1. The minimum absolute atomic E-state index is 0.0162. The predicted octanol–water partition coefficient (Wildman–Crippen LogP) is 4.65. The van der Waals surface area contributed by atoms with Crippen molar-refractivity contribution in [3.05, 3.63) is 58.7 Å². The molecule has 0 saturated carbocycles. The molecular formula is C22H24N2O3. The van der Waals surface area contributed by atoms with E-state index in [9.17, 15) is 10.1 Å². The number of nitriles is 1. The van der Waals surface area contributed by atoms with Gasteiger partial charge in [-0.2, -0.15) is 5.26 Å². The van der Waals surface area contributed by atoms with Crippen LogP contribution in [0.3, 0.4) is 0 Å². The number of amides is 1. The smallest absolute Gasteiger partial charge is 0.266 e. The van der Waals surface area contributed by atoms with Gasteiger partial charge in [0.1, 0.15) is 11.6 Å². The van der Waals surface area contributed by atoms with Gasteiger partial charge in [0.25, 0.3) is 5.91 Å². The third-order valence-electron chi connectivity index (χ3n) is 4.10. The largest absolute Gasteiger partial charge is 0.490 e. The number of nitrogens with zero attached hydrogens (tertiary/aromatic N) is 1. The summed E-state index contributed by atoms with van der Waals surface area (Å²) in [6, 6.07) is 13.0. The second-order valence-corrected chi connectivity index (χ2v) is 5.94. The predicted molar refractivity (Wildman–Crippen MR) is 107 cm³/mol. The van der Waals surface area contributed by atoms with Gasteiger partial charge >= 0.3 is 0 Å². The Morgan fingerprint density at radius 2 is 1.81 bits per heavy atom. The van der Waals surface area contributed by atoms with Crippen LogP contribution in [0.1, 0.15) is 30.5 Å². The molecule has 140 valence electrons. The number of aryl methyl sites for hydroxylation is 1. The molecule has 0 fully saturated rings. The maximum absolute atomic E-state index is 12.5. The number of rotatable bonds is 7. The van der Waals surface area contributed by atoms with E-state index in [0.717, 1.165) is 11.1 Å². The van der Waals surface area contributed by atoms with Gasteiger partial charge in [0.2, 0.25) is 0 Å². The highest BCUT2D eigenvalue weighted by Gasteiger charge is 2.12. The van der Waals surface area contributed by atoms with Gasteiger partial charge in [-0.05, 0) is 68.7 Å². The van der Waals surface area contributed by atoms with Crippen LogP contribution in [-0.2, 0) is 4.79 Å². The normalized spacial score (nSPS) is 10.9. The quantitative estimate of drug-likeness (QED) is 0.573. The molecule has 27 heavy (non-hydrogen) atoms. The van der Waals surface area contributed by atoms with Crippen molar-refractivity contribution >= 4 is 17.7 Å². The van der Waals surface area contributed by atoms with Crippen LogP contribution in [0.5, 0.6) is 11.5 Å². The number of ether oxygens (including phenoxy) is 2. The van der Waals surface area contributed by atoms with Gasteiger partial charge in [0.15, 0.2) is 11.5 Å². The fraction of sp³-hybridized carbons (Fsp3) is 0.273. The van der Waals surface area contributed by atoms with Crippen molar-refractivity contribution in [1.29, 1.82) is 5.26 Å². The number of anilines is 1. The summed E-state index contributed by atoms with van der Waals surface area (Å²) in [5, 5.41) is 12.2. The average Bonchev–Trinajstić information content (AvgIpc) is 2.65. The zero-order valence-electron chi connectivity index (χ0n) is 16.1. The Balaban J connectivity index is 2.29. The first-order valence-corrected chi connectivity index (χ1v) is 8.89. The monoisotopic (exact) mass is 364 g/mol. The lowest BCUT2D eigenvalue weighted by Crippen LogP contribution is -2.14. The van der Waals surface area contributed by atoms with E-state index in [1.807, 2.05) is 52.0 Å². The maximum atomic E-state index is 12.5. The van der Waals surface area contributed by atoms with Gasteiger partial charge in [-0.1, -0.05) is 18.2 Å². The molecule has 0 aliphatic carbocycles. The van der Waals surface area contributed by atoms with E-state index in [1.165, 1.54) is 0 Å². The second-order valence-electron chi connectivity index (χ2n) is 5.94. The molecule has 0 aliphatic rings. The molecule has 1 N–H and O–H groups in total. The van der Waals surface area contributed by atoms with E-state index < -0.39 is 5.91 Å². The molecule has 0 radical (unpaired) electrons. The van der Waals surface area contributed by atoms with Crippen LogP contribution in [0.2, 0.25) is 0 Å². The lowest BCUT2D eigenvalue weighted by atomic mass is 10.1. The van der Waals surface area contributed by atoms with Gasteiger partial charge < -0.3 is 14.8 Å². The molecule has 0 heterocycles. The van der Waals surface area contributed by atoms with Crippen molar-refractivity contribution < 1.29 is 14.3 Å². The molecule has 2 aromatic rings. The number of carbonyl (C=O) groups is 1. The number of hydrogen-bond donors (Lipinski definition) is 1. The Kier molecular flexibility index (Phi) is 7.01. The van der Waals surface area contributed by atoms with Gasteiger partial charge in [0, 0.05) is 5.69 Å². The van der Waals surface area contributed by atoms with Crippen LogP contribution in [-0.4, -0.2) is 19.1 Å². The molecule has 1 amide bonds. The van der Waals surface area contributed by atoms with Crippen LogP contribution in [0.15, 0.2) is 42.0 Å².